The third-order valence-electron chi connectivity index (χ3n) is 2.54. The average Bonchev–Trinajstić information content (AvgIpc) is 2.47. The van der Waals surface area contributed by atoms with Crippen molar-refractivity contribution in [2.45, 2.75) is 9.79 Å². The Morgan fingerprint density at radius 2 is 2.00 bits per heavy atom. The molecule has 0 saturated carbocycles. The number of carbonyl (C=O) groups excluding carboxylic acids is 1. The first-order chi connectivity index (χ1) is 9.61. The molecule has 102 valence electrons. The molecule has 2 N–H and O–H groups in total. The molecule has 0 radical (unpaired) electrons. The summed E-state index contributed by atoms with van der Waals surface area (Å²) < 4.78 is 0. The van der Waals surface area contributed by atoms with E-state index < -0.39 is 5.97 Å². The third kappa shape index (κ3) is 3.16. The minimum absolute atomic E-state index is 0.232. The summed E-state index contributed by atoms with van der Waals surface area (Å²) >= 11 is 1.28. The van der Waals surface area contributed by atoms with Crippen LogP contribution >= 0.6 is 11.8 Å². The van der Waals surface area contributed by atoms with Gasteiger partial charge in [0.15, 0.2) is 0 Å². The van der Waals surface area contributed by atoms with Crippen molar-refractivity contribution in [3.63, 3.8) is 0 Å². The monoisotopic (exact) mass is 288 g/mol. The van der Waals surface area contributed by atoms with E-state index in [1.54, 1.807) is 36.4 Å². The normalized spacial score (nSPS) is 10.1. The van der Waals surface area contributed by atoms with E-state index >= 15 is 0 Å². The Hall–Kier alpha value is -2.34. The maximum atomic E-state index is 11.5. The average molecular weight is 288 g/mol. The molecule has 0 atom stereocenters. The van der Waals surface area contributed by atoms with Gasteiger partial charge in [-0.05, 0) is 24.3 Å². The van der Waals surface area contributed by atoms with Crippen molar-refractivity contribution in [2.24, 2.45) is 0 Å². The van der Waals surface area contributed by atoms with Crippen LogP contribution in [0.3, 0.4) is 0 Å². The van der Waals surface area contributed by atoms with Crippen LogP contribution in [0.5, 0.6) is 0 Å². The van der Waals surface area contributed by atoms with Crippen molar-refractivity contribution in [1.82, 2.24) is 10.3 Å². The molecule has 1 aromatic carbocycles. The Labute approximate surface area is 120 Å². The number of benzene rings is 1. The zero-order valence-corrected chi connectivity index (χ0v) is 11.5. The molecule has 1 heterocycles. The zero-order chi connectivity index (χ0) is 14.5. The SMILES string of the molecule is CNC(=O)c1cc(Sc2ccccc2C(=O)O)ccn1. The summed E-state index contributed by atoms with van der Waals surface area (Å²) in [6.07, 6.45) is 1.52. The van der Waals surface area contributed by atoms with Crippen LogP contribution in [-0.2, 0) is 0 Å². The van der Waals surface area contributed by atoms with Gasteiger partial charge in [0.25, 0.3) is 5.91 Å². The Bertz CT molecular complexity index is 658. The smallest absolute Gasteiger partial charge is 0.336 e. The molecular formula is C14H12N2O3S. The number of carbonyl (C=O) groups is 2. The highest BCUT2D eigenvalue weighted by Gasteiger charge is 2.11. The molecule has 5 nitrogen and oxygen atoms in total. The molecule has 0 unspecified atom stereocenters. The molecule has 0 aliphatic rings. The van der Waals surface area contributed by atoms with E-state index in [-0.39, 0.29) is 11.5 Å². The van der Waals surface area contributed by atoms with Gasteiger partial charge in [0, 0.05) is 23.0 Å². The highest BCUT2D eigenvalue weighted by Crippen LogP contribution is 2.30. The number of nitrogens with one attached hydrogen (secondary N) is 1. The quantitative estimate of drug-likeness (QED) is 0.902. The summed E-state index contributed by atoms with van der Waals surface area (Å²) in [7, 11) is 1.53. The second kappa shape index (κ2) is 6.21. The molecule has 0 fully saturated rings. The van der Waals surface area contributed by atoms with Crippen molar-refractivity contribution in [1.29, 1.82) is 0 Å². The minimum atomic E-state index is -0.978. The van der Waals surface area contributed by atoms with Gasteiger partial charge in [-0.3, -0.25) is 9.78 Å². The molecule has 20 heavy (non-hydrogen) atoms. The van der Waals surface area contributed by atoms with E-state index in [9.17, 15) is 9.59 Å². The molecule has 1 amide bonds. The summed E-state index contributed by atoms with van der Waals surface area (Å²) in [4.78, 5) is 28.0. The molecule has 0 spiro atoms. The summed E-state index contributed by atoms with van der Waals surface area (Å²) in [6.45, 7) is 0. The second-order valence-electron chi connectivity index (χ2n) is 3.86. The van der Waals surface area contributed by atoms with Crippen LogP contribution in [0.4, 0.5) is 0 Å². The van der Waals surface area contributed by atoms with Crippen LogP contribution in [0.15, 0.2) is 52.4 Å². The number of amides is 1. The fourth-order valence-corrected chi connectivity index (χ4v) is 2.55. The van der Waals surface area contributed by atoms with Crippen LogP contribution in [0, 0.1) is 0 Å². The Morgan fingerprint density at radius 3 is 2.70 bits per heavy atom. The number of pyridine rings is 1. The summed E-state index contributed by atoms with van der Waals surface area (Å²) in [5.74, 6) is -1.26. The lowest BCUT2D eigenvalue weighted by molar-refractivity contribution is 0.0693. The van der Waals surface area contributed by atoms with Crippen LogP contribution in [0.25, 0.3) is 0 Å². The molecule has 0 aliphatic heterocycles. The zero-order valence-electron chi connectivity index (χ0n) is 10.7. The molecule has 2 aromatic rings. The predicted molar refractivity (Wildman–Crippen MR) is 75.2 cm³/mol. The van der Waals surface area contributed by atoms with Gasteiger partial charge in [-0.15, -0.1) is 0 Å². The number of aromatic carboxylic acids is 1. The number of hydrogen-bond acceptors (Lipinski definition) is 4. The van der Waals surface area contributed by atoms with E-state index in [2.05, 4.69) is 10.3 Å². The highest BCUT2D eigenvalue weighted by molar-refractivity contribution is 7.99. The number of hydrogen-bond donors (Lipinski definition) is 2. The maximum Gasteiger partial charge on any atom is 0.336 e. The van der Waals surface area contributed by atoms with Gasteiger partial charge in [0.05, 0.1) is 5.56 Å². The van der Waals surface area contributed by atoms with E-state index in [1.807, 2.05) is 0 Å². The molecule has 0 bridgehead atoms. The molecule has 0 aliphatic carbocycles. The molecule has 1 aromatic heterocycles. The fraction of sp³-hybridized carbons (Fsp3) is 0.0714. The molecular weight excluding hydrogens is 276 g/mol. The lowest BCUT2D eigenvalue weighted by Crippen LogP contribution is -2.18. The number of aromatic nitrogens is 1. The van der Waals surface area contributed by atoms with Crippen LogP contribution < -0.4 is 5.32 Å². The molecule has 6 heteroatoms. The van der Waals surface area contributed by atoms with Crippen LogP contribution in [-0.4, -0.2) is 29.0 Å². The van der Waals surface area contributed by atoms with Gasteiger partial charge in [-0.25, -0.2) is 4.79 Å². The van der Waals surface area contributed by atoms with Crippen molar-refractivity contribution in [2.75, 3.05) is 7.05 Å². The lowest BCUT2D eigenvalue weighted by Gasteiger charge is -2.06. The Morgan fingerprint density at radius 1 is 1.25 bits per heavy atom. The van der Waals surface area contributed by atoms with Crippen molar-refractivity contribution in [3.8, 4) is 0 Å². The van der Waals surface area contributed by atoms with E-state index in [1.165, 1.54) is 25.0 Å². The first kappa shape index (κ1) is 14.1. The first-order valence-corrected chi connectivity index (χ1v) is 6.62. The first-order valence-electron chi connectivity index (χ1n) is 5.80. The minimum Gasteiger partial charge on any atom is -0.478 e. The lowest BCUT2D eigenvalue weighted by atomic mass is 10.2. The Kier molecular flexibility index (Phi) is 4.37. The van der Waals surface area contributed by atoms with Gasteiger partial charge in [-0.2, -0.15) is 0 Å². The van der Waals surface area contributed by atoms with Gasteiger partial charge in [-0.1, -0.05) is 23.9 Å². The predicted octanol–water partition coefficient (Wildman–Crippen LogP) is 2.29. The number of nitrogens with zero attached hydrogens (tertiary/aromatic N) is 1. The summed E-state index contributed by atoms with van der Waals surface area (Å²) in [6, 6.07) is 10.1. The van der Waals surface area contributed by atoms with Gasteiger partial charge in [0.1, 0.15) is 5.69 Å². The van der Waals surface area contributed by atoms with E-state index in [0.717, 1.165) is 4.90 Å². The maximum absolute atomic E-state index is 11.5. The van der Waals surface area contributed by atoms with Crippen LogP contribution in [0.2, 0.25) is 0 Å². The largest absolute Gasteiger partial charge is 0.478 e. The molecule has 2 rings (SSSR count). The van der Waals surface area contributed by atoms with Crippen LogP contribution in [0.1, 0.15) is 20.8 Å². The molecule has 0 saturated heterocycles. The third-order valence-corrected chi connectivity index (χ3v) is 3.60. The summed E-state index contributed by atoms with van der Waals surface area (Å²) in [5, 5.41) is 11.6. The Balaban J connectivity index is 2.31. The van der Waals surface area contributed by atoms with Crippen molar-refractivity contribution < 1.29 is 14.7 Å². The highest BCUT2D eigenvalue weighted by atomic mass is 32.2. The second-order valence-corrected chi connectivity index (χ2v) is 4.97. The van der Waals surface area contributed by atoms with Gasteiger partial charge in [0.2, 0.25) is 0 Å². The van der Waals surface area contributed by atoms with Crippen molar-refractivity contribution in [3.05, 3.63) is 53.9 Å². The standard InChI is InChI=1S/C14H12N2O3S/c1-15-13(17)11-8-9(6-7-16-11)20-12-5-3-2-4-10(12)14(18)19/h2-8H,1H3,(H,15,17)(H,18,19). The number of rotatable bonds is 4. The number of carboxylic acid groups (broad SMARTS) is 1. The van der Waals surface area contributed by atoms with E-state index in [4.69, 9.17) is 5.11 Å². The number of carboxylic acids is 1. The fourth-order valence-electron chi connectivity index (χ4n) is 1.59. The van der Waals surface area contributed by atoms with E-state index in [0.29, 0.717) is 10.6 Å². The van der Waals surface area contributed by atoms with Crippen molar-refractivity contribution >= 4 is 23.6 Å². The topological polar surface area (TPSA) is 79.3 Å². The summed E-state index contributed by atoms with van der Waals surface area (Å²) in [5.41, 5.74) is 0.529. The van der Waals surface area contributed by atoms with Gasteiger partial charge < -0.3 is 10.4 Å². The van der Waals surface area contributed by atoms with Gasteiger partial charge >= 0.3 is 5.97 Å².